The lowest BCUT2D eigenvalue weighted by molar-refractivity contribution is -0.288. The van der Waals surface area contributed by atoms with Crippen LogP contribution < -0.4 is 33.2 Å². The van der Waals surface area contributed by atoms with Crippen LogP contribution >= 0.6 is 19.6 Å². The SMILES string of the molecule is CC(C)(COP(=O)(O)O)[C@@H](O)C(=O)NCCC(=O)NCCSCC(=O)NC[C@H]1O[C@H](O[C@H]2[C@H](O)[C@@H](O)[C@H](N)C[C@@H]2N)[C@H](N)[C@@H](O)[C@@H]1O.O=C(O)C(F)(F)F. The van der Waals surface area contributed by atoms with E-state index >= 15 is 0 Å². The molecule has 1 heterocycles. The number of aliphatic hydroxyl groups is 5. The summed E-state index contributed by atoms with van der Waals surface area (Å²) in [6, 6.07) is -2.76. The minimum Gasteiger partial charge on any atom is -0.475 e. The highest BCUT2D eigenvalue weighted by atomic mass is 32.2. The summed E-state index contributed by atoms with van der Waals surface area (Å²) in [6.07, 6.45) is -16.0. The second-order valence-corrected chi connectivity index (χ2v) is 15.3. The second-order valence-electron chi connectivity index (χ2n) is 13.0. The van der Waals surface area contributed by atoms with Crippen molar-refractivity contribution in [2.24, 2.45) is 22.6 Å². The number of carboxylic acid groups (broad SMARTS) is 1. The quantitative estimate of drug-likeness (QED) is 0.0480. The summed E-state index contributed by atoms with van der Waals surface area (Å²) >= 11 is 1.19. The van der Waals surface area contributed by atoms with Gasteiger partial charge in [-0.2, -0.15) is 24.9 Å². The highest BCUT2D eigenvalue weighted by molar-refractivity contribution is 7.99. The fraction of sp³-hybridized carbons (Fsp3) is 0.852. The molecule has 316 valence electrons. The molecule has 0 unspecified atom stereocenters. The molecule has 0 bridgehead atoms. The number of nitrogens with one attached hydrogen (secondary N) is 3. The number of phosphoric acid groups is 1. The molecule has 1 saturated carbocycles. The maximum Gasteiger partial charge on any atom is 0.490 e. The topological polar surface area (TPSA) is 389 Å². The smallest absolute Gasteiger partial charge is 0.475 e. The van der Waals surface area contributed by atoms with E-state index in [1.165, 1.54) is 25.6 Å². The van der Waals surface area contributed by atoms with E-state index in [-0.39, 0.29) is 38.2 Å². The van der Waals surface area contributed by atoms with Crippen LogP contribution in [0.5, 0.6) is 0 Å². The predicted molar refractivity (Wildman–Crippen MR) is 179 cm³/mol. The van der Waals surface area contributed by atoms with E-state index in [9.17, 15) is 57.7 Å². The number of phosphoric ester groups is 1. The number of hydrogen-bond donors (Lipinski definition) is 14. The van der Waals surface area contributed by atoms with Crippen molar-refractivity contribution in [1.82, 2.24) is 16.0 Å². The maximum atomic E-state index is 12.3. The summed E-state index contributed by atoms with van der Waals surface area (Å²) in [5.74, 6) is -4.11. The van der Waals surface area contributed by atoms with Crippen molar-refractivity contribution in [1.29, 1.82) is 0 Å². The average molecular weight is 835 g/mol. The third-order valence-corrected chi connectivity index (χ3v) is 9.34. The fourth-order valence-electron chi connectivity index (χ4n) is 4.73. The lowest BCUT2D eigenvalue weighted by Crippen LogP contribution is -2.67. The largest absolute Gasteiger partial charge is 0.490 e. The number of alkyl halides is 3. The van der Waals surface area contributed by atoms with Gasteiger partial charge in [-0.1, -0.05) is 13.8 Å². The number of ether oxygens (including phenoxy) is 2. The fourth-order valence-corrected chi connectivity index (χ4v) is 5.91. The van der Waals surface area contributed by atoms with Gasteiger partial charge in [-0.15, -0.1) is 0 Å². The van der Waals surface area contributed by atoms with E-state index in [4.69, 9.17) is 46.4 Å². The number of nitrogens with two attached hydrogens (primary N) is 3. The van der Waals surface area contributed by atoms with Crippen LogP contribution in [0.4, 0.5) is 13.2 Å². The summed E-state index contributed by atoms with van der Waals surface area (Å²) < 4.78 is 58.4. The van der Waals surface area contributed by atoms with Gasteiger partial charge in [0, 0.05) is 49.3 Å². The lowest BCUT2D eigenvalue weighted by atomic mass is 9.84. The van der Waals surface area contributed by atoms with E-state index in [0.717, 1.165) is 0 Å². The summed E-state index contributed by atoms with van der Waals surface area (Å²) in [5.41, 5.74) is 16.4. The van der Waals surface area contributed by atoms with Crippen molar-refractivity contribution in [3.63, 3.8) is 0 Å². The molecule has 2 aliphatic rings. The van der Waals surface area contributed by atoms with Gasteiger partial charge in [-0.25, -0.2) is 9.36 Å². The number of aliphatic hydroxyl groups excluding tert-OH is 5. The first-order valence-corrected chi connectivity index (χ1v) is 18.7. The zero-order valence-electron chi connectivity index (χ0n) is 29.1. The Hall–Kier alpha value is -2.27. The molecule has 1 aliphatic heterocycles. The summed E-state index contributed by atoms with van der Waals surface area (Å²) in [5, 5.41) is 66.1. The van der Waals surface area contributed by atoms with Crippen LogP contribution in [0.2, 0.25) is 0 Å². The summed E-state index contributed by atoms with van der Waals surface area (Å²) in [4.78, 5) is 63.0. The third-order valence-electron chi connectivity index (χ3n) is 7.92. The number of halogens is 3. The van der Waals surface area contributed by atoms with Crippen molar-refractivity contribution in [2.75, 3.05) is 37.7 Å². The first-order valence-electron chi connectivity index (χ1n) is 16.1. The predicted octanol–water partition coefficient (Wildman–Crippen LogP) is -5.47. The van der Waals surface area contributed by atoms with E-state index in [1.54, 1.807) is 0 Å². The first kappa shape index (κ1) is 49.7. The Morgan fingerprint density at radius 1 is 0.926 bits per heavy atom. The van der Waals surface area contributed by atoms with Gasteiger partial charge < -0.3 is 83.1 Å². The zero-order valence-corrected chi connectivity index (χ0v) is 30.8. The van der Waals surface area contributed by atoms with Gasteiger partial charge in [0.25, 0.3) is 0 Å². The highest BCUT2D eigenvalue weighted by Gasteiger charge is 2.48. The average Bonchev–Trinajstić information content (AvgIpc) is 3.06. The molecule has 17 N–H and O–H groups in total. The number of aliphatic carboxylic acids is 1. The molecule has 0 aromatic carbocycles. The van der Waals surface area contributed by atoms with Gasteiger partial charge in [-0.3, -0.25) is 18.9 Å². The van der Waals surface area contributed by atoms with Gasteiger partial charge in [0.1, 0.15) is 36.6 Å². The van der Waals surface area contributed by atoms with Crippen molar-refractivity contribution in [3.8, 4) is 0 Å². The van der Waals surface area contributed by atoms with Gasteiger partial charge in [-0.05, 0) is 6.42 Å². The minimum atomic E-state index is -5.08. The Labute approximate surface area is 310 Å². The van der Waals surface area contributed by atoms with Gasteiger partial charge in [0.05, 0.1) is 24.5 Å². The Bertz CT molecular complexity index is 1290. The van der Waals surface area contributed by atoms with Crippen LogP contribution in [-0.4, -0.2) is 175 Å². The van der Waals surface area contributed by atoms with Crippen molar-refractivity contribution in [2.45, 2.75) is 100 Å². The molecule has 11 atom stereocenters. The number of rotatable bonds is 17. The molecule has 54 heavy (non-hydrogen) atoms. The third kappa shape index (κ3) is 16.8. The molecule has 0 aromatic heterocycles. The first-order chi connectivity index (χ1) is 24.7. The van der Waals surface area contributed by atoms with Crippen molar-refractivity contribution in [3.05, 3.63) is 0 Å². The van der Waals surface area contributed by atoms with Gasteiger partial charge in [0.15, 0.2) is 6.29 Å². The molecule has 0 aromatic rings. The number of thioether (sulfide) groups is 1. The zero-order chi connectivity index (χ0) is 41.8. The van der Waals surface area contributed by atoms with E-state index in [1.807, 2.05) is 0 Å². The van der Waals surface area contributed by atoms with Crippen LogP contribution in [-0.2, 0) is 37.7 Å². The molecule has 2 fully saturated rings. The van der Waals surface area contributed by atoms with Crippen molar-refractivity contribution >= 4 is 43.3 Å². The van der Waals surface area contributed by atoms with E-state index in [2.05, 4.69) is 20.5 Å². The normalized spacial score (nSPS) is 29.6. The van der Waals surface area contributed by atoms with Gasteiger partial charge in [0.2, 0.25) is 17.7 Å². The Morgan fingerprint density at radius 2 is 1.52 bits per heavy atom. The number of carboxylic acids is 1. The molecule has 0 spiro atoms. The van der Waals surface area contributed by atoms with Crippen LogP contribution in [0.15, 0.2) is 0 Å². The monoisotopic (exact) mass is 834 g/mol. The molecule has 27 heteroatoms. The van der Waals surface area contributed by atoms with Crippen LogP contribution in [0.1, 0.15) is 26.7 Å². The number of amides is 3. The Morgan fingerprint density at radius 3 is 2.07 bits per heavy atom. The minimum absolute atomic E-state index is 0.0165. The molecule has 22 nitrogen and oxygen atoms in total. The van der Waals surface area contributed by atoms with Crippen LogP contribution in [0.25, 0.3) is 0 Å². The lowest BCUT2D eigenvalue weighted by Gasteiger charge is -2.45. The van der Waals surface area contributed by atoms with Crippen molar-refractivity contribution < 1.29 is 91.3 Å². The maximum absolute atomic E-state index is 12.3. The molecular weight excluding hydrogens is 784 g/mol. The second kappa shape index (κ2) is 21.9. The van der Waals surface area contributed by atoms with Crippen LogP contribution in [0, 0.1) is 5.41 Å². The Balaban J connectivity index is 0.00000189. The molecular formula is C27H50F3N6O16PS. The molecule has 0 radical (unpaired) electrons. The Kier molecular flexibility index (Phi) is 20.2. The summed E-state index contributed by atoms with van der Waals surface area (Å²) in [7, 11) is -4.79. The van der Waals surface area contributed by atoms with E-state index in [0.29, 0.717) is 5.75 Å². The molecule has 3 amide bonds. The number of carbonyl (C=O) groups excluding carboxylic acids is 3. The van der Waals surface area contributed by atoms with Crippen LogP contribution in [0.3, 0.4) is 0 Å². The highest BCUT2D eigenvalue weighted by Crippen LogP contribution is 2.39. The standard InChI is InChI=1S/C25H49N6O14PS.C2HF3O2/c1-25(2,10-43-46(40,41)42)22(38)23(39)30-4-3-14(32)29-5-6-47-9-15(33)31-8-13-18(35)19(36)16(28)24(44-13)45-21-12(27)7-11(26)17(34)20(21)37;3-2(4,5)1(6)7/h11-13,16-22,24,34-38H,3-10,26-28H2,1-2H3,(H,29,32)(H,30,39)(H,31,33)(H2,40,41,42);(H,6,7)/t11-,12+,13-,16-,17+,18-,19-,20-,21-,22+,24-;/m1./s1. The molecule has 1 aliphatic carbocycles. The molecule has 2 rings (SSSR count). The van der Waals surface area contributed by atoms with E-state index < -0.39 is 117 Å². The van der Waals surface area contributed by atoms with Gasteiger partial charge >= 0.3 is 20.0 Å². The summed E-state index contributed by atoms with van der Waals surface area (Å²) in [6.45, 7) is 2.03. The molecule has 1 saturated heterocycles. The number of hydrogen-bond acceptors (Lipinski definition) is 17. The number of carbonyl (C=O) groups is 4.